The highest BCUT2D eigenvalue weighted by Crippen LogP contribution is 2.56. The maximum atomic E-state index is 11.9. The summed E-state index contributed by atoms with van der Waals surface area (Å²) < 4.78 is 4.81. The van der Waals surface area contributed by atoms with Crippen molar-refractivity contribution >= 4 is 11.8 Å². The summed E-state index contributed by atoms with van der Waals surface area (Å²) in [6.07, 6.45) is 8.43. The molecular formula is C13H20O3. The molecule has 0 aromatic rings. The SMILES string of the molecule is CC(=O)OCC(=O)C1CCC12CCCCC2. The number of carbonyl (C=O) groups is 2. The molecule has 0 aliphatic heterocycles. The minimum Gasteiger partial charge on any atom is -0.458 e. The van der Waals surface area contributed by atoms with Gasteiger partial charge in [0.1, 0.15) is 6.61 Å². The fourth-order valence-electron chi connectivity index (χ4n) is 3.33. The van der Waals surface area contributed by atoms with Crippen LogP contribution in [0, 0.1) is 11.3 Å². The van der Waals surface area contributed by atoms with Crippen LogP contribution in [0.5, 0.6) is 0 Å². The number of carbonyl (C=O) groups excluding carboxylic acids is 2. The van der Waals surface area contributed by atoms with Crippen LogP contribution in [0.4, 0.5) is 0 Å². The summed E-state index contributed by atoms with van der Waals surface area (Å²) in [6.45, 7) is 1.34. The molecule has 0 amide bonds. The van der Waals surface area contributed by atoms with Gasteiger partial charge in [-0.1, -0.05) is 19.3 Å². The van der Waals surface area contributed by atoms with Gasteiger partial charge in [0.15, 0.2) is 5.78 Å². The monoisotopic (exact) mass is 224 g/mol. The van der Waals surface area contributed by atoms with Crippen molar-refractivity contribution in [2.45, 2.75) is 51.9 Å². The second-order valence-corrected chi connectivity index (χ2v) is 5.26. The van der Waals surface area contributed by atoms with Gasteiger partial charge in [0.2, 0.25) is 0 Å². The van der Waals surface area contributed by atoms with Crippen LogP contribution in [0.15, 0.2) is 0 Å². The lowest BCUT2D eigenvalue weighted by molar-refractivity contribution is -0.152. The number of hydrogen-bond donors (Lipinski definition) is 0. The molecule has 1 unspecified atom stereocenters. The highest BCUT2D eigenvalue weighted by Gasteiger charge is 2.50. The molecule has 1 atom stereocenters. The zero-order valence-corrected chi connectivity index (χ0v) is 9.96. The maximum Gasteiger partial charge on any atom is 0.303 e. The van der Waals surface area contributed by atoms with E-state index in [9.17, 15) is 9.59 Å². The van der Waals surface area contributed by atoms with Gasteiger partial charge in [-0.15, -0.1) is 0 Å². The minimum absolute atomic E-state index is 0.0122. The van der Waals surface area contributed by atoms with Crippen molar-refractivity contribution in [2.75, 3.05) is 6.61 Å². The Morgan fingerprint density at radius 2 is 1.88 bits per heavy atom. The van der Waals surface area contributed by atoms with E-state index in [0.717, 1.165) is 6.42 Å². The van der Waals surface area contributed by atoms with Crippen LogP contribution < -0.4 is 0 Å². The van der Waals surface area contributed by atoms with Crippen LogP contribution in [-0.2, 0) is 14.3 Å². The predicted molar refractivity (Wildman–Crippen MR) is 59.9 cm³/mol. The summed E-state index contributed by atoms with van der Waals surface area (Å²) in [7, 11) is 0. The lowest BCUT2D eigenvalue weighted by Gasteiger charge is -2.51. The van der Waals surface area contributed by atoms with Crippen molar-refractivity contribution in [3.05, 3.63) is 0 Å². The third kappa shape index (κ3) is 2.13. The van der Waals surface area contributed by atoms with E-state index in [0.29, 0.717) is 0 Å². The van der Waals surface area contributed by atoms with E-state index in [4.69, 9.17) is 4.74 Å². The normalized spacial score (nSPS) is 27.2. The molecule has 0 aromatic carbocycles. The van der Waals surface area contributed by atoms with Gasteiger partial charge in [0.25, 0.3) is 0 Å². The fraction of sp³-hybridized carbons (Fsp3) is 0.846. The molecule has 2 aliphatic rings. The molecule has 2 aliphatic carbocycles. The first-order valence-electron chi connectivity index (χ1n) is 6.30. The number of ketones is 1. The quantitative estimate of drug-likeness (QED) is 0.692. The molecule has 0 N–H and O–H groups in total. The van der Waals surface area contributed by atoms with Gasteiger partial charge in [-0.3, -0.25) is 9.59 Å². The van der Waals surface area contributed by atoms with Crippen LogP contribution in [-0.4, -0.2) is 18.4 Å². The van der Waals surface area contributed by atoms with Crippen LogP contribution in [0.25, 0.3) is 0 Å². The molecule has 3 heteroatoms. The van der Waals surface area contributed by atoms with Gasteiger partial charge < -0.3 is 4.74 Å². The summed E-state index contributed by atoms with van der Waals surface area (Å²) in [5, 5.41) is 0. The standard InChI is InChI=1S/C13H20O3/c1-10(14)16-9-12(15)11-5-8-13(11)6-3-2-4-7-13/h11H,2-9H2,1H3. The van der Waals surface area contributed by atoms with Crippen molar-refractivity contribution in [1.29, 1.82) is 0 Å². The van der Waals surface area contributed by atoms with Gasteiger partial charge in [0, 0.05) is 12.8 Å². The number of Topliss-reactive ketones (excluding diaryl/α,β-unsaturated/α-hetero) is 1. The zero-order valence-electron chi connectivity index (χ0n) is 9.96. The van der Waals surface area contributed by atoms with E-state index in [1.807, 2.05) is 0 Å². The third-order valence-corrected chi connectivity index (χ3v) is 4.33. The maximum absolute atomic E-state index is 11.9. The molecule has 0 bridgehead atoms. The number of esters is 1. The fourth-order valence-corrected chi connectivity index (χ4v) is 3.33. The van der Waals surface area contributed by atoms with Crippen LogP contribution >= 0.6 is 0 Å². The van der Waals surface area contributed by atoms with Crippen molar-refractivity contribution in [1.82, 2.24) is 0 Å². The van der Waals surface area contributed by atoms with Crippen LogP contribution in [0.1, 0.15) is 51.9 Å². The molecule has 0 saturated heterocycles. The van der Waals surface area contributed by atoms with Crippen LogP contribution in [0.2, 0.25) is 0 Å². The molecule has 3 nitrogen and oxygen atoms in total. The molecule has 90 valence electrons. The molecule has 2 saturated carbocycles. The first-order valence-corrected chi connectivity index (χ1v) is 6.30. The summed E-state index contributed by atoms with van der Waals surface area (Å²) in [4.78, 5) is 22.6. The average Bonchev–Trinajstić information content (AvgIpc) is 2.26. The molecule has 0 aromatic heterocycles. The highest BCUT2D eigenvalue weighted by atomic mass is 16.5. The highest BCUT2D eigenvalue weighted by molar-refractivity contribution is 5.85. The second kappa shape index (κ2) is 4.56. The van der Waals surface area contributed by atoms with Crippen LogP contribution in [0.3, 0.4) is 0 Å². The van der Waals surface area contributed by atoms with Gasteiger partial charge >= 0.3 is 5.97 Å². The molecular weight excluding hydrogens is 204 g/mol. The Labute approximate surface area is 96.5 Å². The lowest BCUT2D eigenvalue weighted by Crippen LogP contribution is -2.47. The first-order chi connectivity index (χ1) is 7.64. The number of ether oxygens (including phenoxy) is 1. The Kier molecular flexibility index (Phi) is 3.31. The molecule has 2 fully saturated rings. The average molecular weight is 224 g/mol. The lowest BCUT2D eigenvalue weighted by atomic mass is 9.53. The van der Waals surface area contributed by atoms with Crippen molar-refractivity contribution in [2.24, 2.45) is 11.3 Å². The molecule has 16 heavy (non-hydrogen) atoms. The molecule has 0 heterocycles. The Balaban J connectivity index is 1.89. The van der Waals surface area contributed by atoms with Gasteiger partial charge in [0.05, 0.1) is 0 Å². The van der Waals surface area contributed by atoms with E-state index < -0.39 is 0 Å². The second-order valence-electron chi connectivity index (χ2n) is 5.26. The smallest absolute Gasteiger partial charge is 0.303 e. The predicted octanol–water partition coefficient (Wildman–Crippen LogP) is 2.48. The third-order valence-electron chi connectivity index (χ3n) is 4.33. The van der Waals surface area contributed by atoms with Crippen molar-refractivity contribution in [3.8, 4) is 0 Å². The zero-order chi connectivity index (χ0) is 11.6. The minimum atomic E-state index is -0.356. The Bertz CT molecular complexity index is 290. The van der Waals surface area contributed by atoms with Gasteiger partial charge in [-0.05, 0) is 31.1 Å². The number of rotatable bonds is 3. The molecule has 1 spiro atoms. The van der Waals surface area contributed by atoms with E-state index >= 15 is 0 Å². The summed E-state index contributed by atoms with van der Waals surface area (Å²) in [6, 6.07) is 0. The summed E-state index contributed by atoms with van der Waals surface area (Å²) in [5.41, 5.74) is 0.287. The Morgan fingerprint density at radius 1 is 1.19 bits per heavy atom. The summed E-state index contributed by atoms with van der Waals surface area (Å²) in [5.74, 6) is -0.0409. The topological polar surface area (TPSA) is 43.4 Å². The Hall–Kier alpha value is -0.860. The Morgan fingerprint density at radius 3 is 2.38 bits per heavy atom. The largest absolute Gasteiger partial charge is 0.458 e. The van der Waals surface area contributed by atoms with Crippen molar-refractivity contribution < 1.29 is 14.3 Å². The van der Waals surface area contributed by atoms with Crippen molar-refractivity contribution in [3.63, 3.8) is 0 Å². The summed E-state index contributed by atoms with van der Waals surface area (Å²) >= 11 is 0. The first kappa shape index (κ1) is 11.6. The van der Waals surface area contributed by atoms with E-state index in [1.165, 1.54) is 45.4 Å². The van der Waals surface area contributed by atoms with Gasteiger partial charge in [-0.25, -0.2) is 0 Å². The number of hydrogen-bond acceptors (Lipinski definition) is 3. The van der Waals surface area contributed by atoms with E-state index in [1.54, 1.807) is 0 Å². The molecule has 2 rings (SSSR count). The van der Waals surface area contributed by atoms with E-state index in [2.05, 4.69) is 0 Å². The van der Waals surface area contributed by atoms with E-state index in [-0.39, 0.29) is 29.7 Å². The molecule has 0 radical (unpaired) electrons. The van der Waals surface area contributed by atoms with Gasteiger partial charge in [-0.2, -0.15) is 0 Å².